The Morgan fingerprint density at radius 1 is 1.64 bits per heavy atom. The second kappa shape index (κ2) is 3.05. The van der Waals surface area contributed by atoms with E-state index >= 15 is 0 Å². The molecule has 0 aromatic rings. The van der Waals surface area contributed by atoms with Crippen LogP contribution in [0.3, 0.4) is 0 Å². The highest BCUT2D eigenvalue weighted by Gasteiger charge is 2.38. The Hall–Kier alpha value is -0.830. The monoisotopic (exact) mass is 161 g/mol. The van der Waals surface area contributed by atoms with Gasteiger partial charge in [0.1, 0.15) is 0 Å². The summed E-state index contributed by atoms with van der Waals surface area (Å²) in [6, 6.07) is 0. The lowest BCUT2D eigenvalue weighted by atomic mass is 10.1. The van der Waals surface area contributed by atoms with E-state index in [1.807, 2.05) is 0 Å². The van der Waals surface area contributed by atoms with Gasteiger partial charge in [0.05, 0.1) is 0 Å². The first kappa shape index (κ1) is 8.27. The summed E-state index contributed by atoms with van der Waals surface area (Å²) >= 11 is 0. The fourth-order valence-electron chi connectivity index (χ4n) is 1.35. The minimum Gasteiger partial charge on any atom is -0.207 e. The molecule has 5 heteroatoms. The molecular formula is C6H9F2N3. The highest BCUT2D eigenvalue weighted by Crippen LogP contribution is 2.38. The zero-order valence-corrected chi connectivity index (χ0v) is 6.00. The van der Waals surface area contributed by atoms with E-state index in [1.54, 1.807) is 0 Å². The van der Waals surface area contributed by atoms with Gasteiger partial charge >= 0.3 is 0 Å². The van der Waals surface area contributed by atoms with Gasteiger partial charge < -0.3 is 0 Å². The molecule has 1 atom stereocenters. The summed E-state index contributed by atoms with van der Waals surface area (Å²) in [6.07, 6.45) is 0.302. The topological polar surface area (TPSA) is 48.8 Å². The molecule has 0 aromatic heterocycles. The van der Waals surface area contributed by atoms with Gasteiger partial charge in [-0.3, -0.25) is 0 Å². The third-order valence-electron chi connectivity index (χ3n) is 1.91. The van der Waals surface area contributed by atoms with Crippen LogP contribution >= 0.6 is 0 Å². The molecule has 0 aromatic carbocycles. The summed E-state index contributed by atoms with van der Waals surface area (Å²) in [7, 11) is 0. The zero-order chi connectivity index (χ0) is 8.32. The SMILES string of the molecule is [N-]=[N+]=NCC1CCC(F)(F)C1. The minimum atomic E-state index is -2.52. The van der Waals surface area contributed by atoms with Crippen molar-refractivity contribution in [3.63, 3.8) is 0 Å². The van der Waals surface area contributed by atoms with Crippen molar-refractivity contribution < 1.29 is 8.78 Å². The second-order valence-electron chi connectivity index (χ2n) is 2.88. The van der Waals surface area contributed by atoms with Crippen molar-refractivity contribution in [3.05, 3.63) is 10.4 Å². The average Bonchev–Trinajstić information content (AvgIpc) is 2.26. The summed E-state index contributed by atoms with van der Waals surface area (Å²) in [5, 5.41) is 3.27. The van der Waals surface area contributed by atoms with Gasteiger partial charge in [-0.25, -0.2) is 8.78 Å². The van der Waals surface area contributed by atoms with Crippen LogP contribution in [0.5, 0.6) is 0 Å². The molecule has 0 heterocycles. The van der Waals surface area contributed by atoms with Crippen LogP contribution < -0.4 is 0 Å². The normalized spacial score (nSPS) is 28.0. The van der Waals surface area contributed by atoms with E-state index in [0.717, 1.165) is 0 Å². The number of rotatable bonds is 2. The van der Waals surface area contributed by atoms with Crippen molar-refractivity contribution in [1.82, 2.24) is 0 Å². The number of alkyl halides is 2. The number of halogens is 2. The third kappa shape index (κ3) is 2.35. The molecule has 1 saturated carbocycles. The minimum absolute atomic E-state index is 0.0569. The molecule has 0 bridgehead atoms. The van der Waals surface area contributed by atoms with Crippen molar-refractivity contribution in [2.75, 3.05) is 6.54 Å². The van der Waals surface area contributed by atoms with Crippen molar-refractivity contribution >= 4 is 0 Å². The molecule has 0 spiro atoms. The van der Waals surface area contributed by atoms with Crippen LogP contribution in [0.2, 0.25) is 0 Å². The summed E-state index contributed by atoms with van der Waals surface area (Å²) in [4.78, 5) is 2.53. The van der Waals surface area contributed by atoms with Crippen molar-refractivity contribution in [2.45, 2.75) is 25.2 Å². The smallest absolute Gasteiger partial charge is 0.207 e. The average molecular weight is 161 g/mol. The lowest BCUT2D eigenvalue weighted by Gasteiger charge is -2.06. The molecule has 1 unspecified atom stereocenters. The largest absolute Gasteiger partial charge is 0.248 e. The predicted octanol–water partition coefficient (Wildman–Crippen LogP) is 2.73. The Balaban J connectivity index is 2.36. The molecule has 1 aliphatic carbocycles. The van der Waals surface area contributed by atoms with Crippen LogP contribution in [-0.4, -0.2) is 12.5 Å². The van der Waals surface area contributed by atoms with Crippen molar-refractivity contribution in [2.24, 2.45) is 11.0 Å². The maximum atomic E-state index is 12.5. The van der Waals surface area contributed by atoms with Crippen molar-refractivity contribution in [1.29, 1.82) is 0 Å². The molecular weight excluding hydrogens is 152 g/mol. The molecule has 1 aliphatic rings. The van der Waals surface area contributed by atoms with Crippen LogP contribution in [0.4, 0.5) is 8.78 Å². The molecule has 11 heavy (non-hydrogen) atoms. The predicted molar refractivity (Wildman–Crippen MR) is 36.3 cm³/mol. The Morgan fingerprint density at radius 2 is 2.36 bits per heavy atom. The van der Waals surface area contributed by atoms with E-state index in [0.29, 0.717) is 6.42 Å². The number of nitrogens with zero attached hydrogens (tertiary/aromatic N) is 3. The standard InChI is InChI=1S/C6H9F2N3/c7-6(8)2-1-5(3-6)4-10-11-9/h5H,1-4H2. The summed E-state index contributed by atoms with van der Waals surface area (Å²) in [5.41, 5.74) is 7.93. The lowest BCUT2D eigenvalue weighted by Crippen LogP contribution is -2.10. The number of hydrogen-bond donors (Lipinski definition) is 0. The van der Waals surface area contributed by atoms with Gasteiger partial charge in [-0.2, -0.15) is 0 Å². The van der Waals surface area contributed by atoms with E-state index in [4.69, 9.17) is 5.53 Å². The maximum Gasteiger partial charge on any atom is 0.248 e. The Bertz CT molecular complexity index is 186. The fraction of sp³-hybridized carbons (Fsp3) is 1.00. The molecule has 0 saturated heterocycles. The molecule has 1 rings (SSSR count). The fourth-order valence-corrected chi connectivity index (χ4v) is 1.35. The number of azide groups is 1. The Kier molecular flexibility index (Phi) is 2.29. The van der Waals surface area contributed by atoms with Crippen LogP contribution in [0.15, 0.2) is 5.11 Å². The molecule has 62 valence electrons. The van der Waals surface area contributed by atoms with Crippen LogP contribution in [0, 0.1) is 5.92 Å². The molecule has 0 amide bonds. The van der Waals surface area contributed by atoms with Crippen molar-refractivity contribution in [3.8, 4) is 0 Å². The first-order valence-corrected chi connectivity index (χ1v) is 3.53. The van der Waals surface area contributed by atoms with Crippen LogP contribution in [0.25, 0.3) is 10.4 Å². The second-order valence-corrected chi connectivity index (χ2v) is 2.88. The molecule has 0 N–H and O–H groups in total. The van der Waals surface area contributed by atoms with Crippen LogP contribution in [-0.2, 0) is 0 Å². The van der Waals surface area contributed by atoms with E-state index in [-0.39, 0.29) is 25.3 Å². The number of hydrogen-bond acceptors (Lipinski definition) is 1. The van der Waals surface area contributed by atoms with Gasteiger partial charge in [0.25, 0.3) is 0 Å². The molecule has 1 fully saturated rings. The summed E-state index contributed by atoms with van der Waals surface area (Å²) in [5.74, 6) is -2.63. The van der Waals surface area contributed by atoms with E-state index in [2.05, 4.69) is 10.0 Å². The Labute approximate surface area is 63.0 Å². The summed E-state index contributed by atoms with van der Waals surface area (Å²) in [6.45, 7) is 0.214. The van der Waals surface area contributed by atoms with Gasteiger partial charge in [0, 0.05) is 24.3 Å². The molecule has 0 radical (unpaired) electrons. The van der Waals surface area contributed by atoms with E-state index < -0.39 is 5.92 Å². The van der Waals surface area contributed by atoms with E-state index in [9.17, 15) is 8.78 Å². The Morgan fingerprint density at radius 3 is 2.82 bits per heavy atom. The molecule has 0 aliphatic heterocycles. The quantitative estimate of drug-likeness (QED) is 0.339. The third-order valence-corrected chi connectivity index (χ3v) is 1.91. The highest BCUT2D eigenvalue weighted by atomic mass is 19.3. The lowest BCUT2D eigenvalue weighted by molar-refractivity contribution is 0.00541. The van der Waals surface area contributed by atoms with E-state index in [1.165, 1.54) is 0 Å². The molecule has 3 nitrogen and oxygen atoms in total. The van der Waals surface area contributed by atoms with Crippen LogP contribution in [0.1, 0.15) is 19.3 Å². The first-order chi connectivity index (χ1) is 5.14. The van der Waals surface area contributed by atoms with Gasteiger partial charge in [0.2, 0.25) is 5.92 Å². The van der Waals surface area contributed by atoms with Gasteiger partial charge in [0.15, 0.2) is 0 Å². The van der Waals surface area contributed by atoms with Gasteiger partial charge in [-0.15, -0.1) is 0 Å². The first-order valence-electron chi connectivity index (χ1n) is 3.53. The highest BCUT2D eigenvalue weighted by molar-refractivity contribution is 4.82. The zero-order valence-electron chi connectivity index (χ0n) is 6.00. The maximum absolute atomic E-state index is 12.5. The summed E-state index contributed by atoms with van der Waals surface area (Å²) < 4.78 is 25.0. The van der Waals surface area contributed by atoms with Gasteiger partial charge in [-0.1, -0.05) is 5.11 Å². The van der Waals surface area contributed by atoms with Gasteiger partial charge in [-0.05, 0) is 17.9 Å².